The van der Waals surface area contributed by atoms with E-state index < -0.39 is 5.97 Å². The molecule has 1 aromatic carbocycles. The van der Waals surface area contributed by atoms with Crippen LogP contribution >= 0.6 is 11.3 Å². The molecule has 3 rings (SSSR count). The minimum atomic E-state index is -0.473. The summed E-state index contributed by atoms with van der Waals surface area (Å²) in [5, 5.41) is 0.354. The van der Waals surface area contributed by atoms with Crippen LogP contribution in [0.4, 0.5) is 5.13 Å². The van der Waals surface area contributed by atoms with Crippen molar-refractivity contribution >= 4 is 22.4 Å². The Kier molecular flexibility index (Phi) is 2.87. The average Bonchev–Trinajstić information content (AvgIpc) is 3.02. The summed E-state index contributed by atoms with van der Waals surface area (Å²) in [5.74, 6) is 0.431. The summed E-state index contributed by atoms with van der Waals surface area (Å²) >= 11 is 1.28. The van der Waals surface area contributed by atoms with Crippen molar-refractivity contribution in [2.45, 2.75) is 6.42 Å². The molecule has 0 saturated heterocycles. The summed E-state index contributed by atoms with van der Waals surface area (Å²) in [4.78, 5) is 16.5. The molecule has 1 aliphatic rings. The minimum absolute atomic E-state index is 0.267. The number of carbonyl (C=O) groups is 1. The zero-order chi connectivity index (χ0) is 13.4. The number of ether oxygens (including phenoxy) is 2. The summed E-state index contributed by atoms with van der Waals surface area (Å²) in [6, 6.07) is 5.83. The number of rotatable bonds is 2. The van der Waals surface area contributed by atoms with E-state index in [0.717, 1.165) is 28.2 Å². The number of anilines is 1. The van der Waals surface area contributed by atoms with Gasteiger partial charge in [0, 0.05) is 6.42 Å². The second kappa shape index (κ2) is 4.55. The molecule has 2 N–H and O–H groups in total. The standard InChI is InChI=1S/C13H12N2O3S/c1-17-12(16)10-11(19-13(14)15-10)8-2-3-9-7(6-8)4-5-18-9/h2-3,6H,4-5H2,1H3,(H2,14,15). The first-order chi connectivity index (χ1) is 9.19. The van der Waals surface area contributed by atoms with E-state index in [4.69, 9.17) is 15.2 Å². The van der Waals surface area contributed by atoms with E-state index in [2.05, 4.69) is 4.98 Å². The number of methoxy groups -OCH3 is 1. The first-order valence-electron chi connectivity index (χ1n) is 5.80. The van der Waals surface area contributed by atoms with Crippen LogP contribution in [0.15, 0.2) is 18.2 Å². The van der Waals surface area contributed by atoms with Gasteiger partial charge in [0.05, 0.1) is 18.6 Å². The van der Waals surface area contributed by atoms with E-state index in [0.29, 0.717) is 11.7 Å². The van der Waals surface area contributed by atoms with Crippen LogP contribution in [0, 0.1) is 0 Å². The van der Waals surface area contributed by atoms with Crippen LogP contribution in [0.1, 0.15) is 16.1 Å². The highest BCUT2D eigenvalue weighted by Gasteiger charge is 2.21. The lowest BCUT2D eigenvalue weighted by Crippen LogP contribution is -2.03. The van der Waals surface area contributed by atoms with Gasteiger partial charge in [0.15, 0.2) is 10.8 Å². The SMILES string of the molecule is COC(=O)c1nc(N)sc1-c1ccc2c(c1)CCO2. The second-order valence-corrected chi connectivity index (χ2v) is 5.17. The molecule has 0 amide bonds. The quantitative estimate of drug-likeness (QED) is 0.850. The van der Waals surface area contributed by atoms with Gasteiger partial charge in [0.2, 0.25) is 0 Å². The third-order valence-electron chi connectivity index (χ3n) is 2.97. The molecule has 6 heteroatoms. The van der Waals surface area contributed by atoms with E-state index in [1.165, 1.54) is 18.4 Å². The summed E-state index contributed by atoms with van der Waals surface area (Å²) in [6.45, 7) is 0.702. The fourth-order valence-electron chi connectivity index (χ4n) is 2.10. The number of benzene rings is 1. The summed E-state index contributed by atoms with van der Waals surface area (Å²) < 4.78 is 10.2. The molecule has 0 bridgehead atoms. The van der Waals surface area contributed by atoms with Gasteiger partial charge in [-0.25, -0.2) is 9.78 Å². The molecule has 0 radical (unpaired) electrons. The van der Waals surface area contributed by atoms with Gasteiger partial charge in [0.25, 0.3) is 0 Å². The van der Waals surface area contributed by atoms with Gasteiger partial charge in [-0.2, -0.15) is 0 Å². The predicted molar refractivity (Wildman–Crippen MR) is 72.5 cm³/mol. The van der Waals surface area contributed by atoms with E-state index in [9.17, 15) is 4.79 Å². The molecule has 0 spiro atoms. The molecule has 98 valence electrons. The molecule has 0 atom stereocenters. The third-order valence-corrected chi connectivity index (χ3v) is 3.91. The predicted octanol–water partition coefficient (Wildman–Crippen LogP) is 2.11. The number of carbonyl (C=O) groups excluding carboxylic acids is 1. The average molecular weight is 276 g/mol. The van der Waals surface area contributed by atoms with Gasteiger partial charge >= 0.3 is 5.97 Å². The van der Waals surface area contributed by atoms with Gasteiger partial charge in [-0.15, -0.1) is 0 Å². The molecular formula is C13H12N2O3S. The Bertz CT molecular complexity index is 651. The van der Waals surface area contributed by atoms with Crippen molar-refractivity contribution in [3.8, 4) is 16.2 Å². The first-order valence-corrected chi connectivity index (χ1v) is 6.61. The number of hydrogen-bond donors (Lipinski definition) is 1. The Morgan fingerprint density at radius 3 is 3.16 bits per heavy atom. The van der Waals surface area contributed by atoms with E-state index in [1.54, 1.807) is 0 Å². The van der Waals surface area contributed by atoms with E-state index in [-0.39, 0.29) is 5.69 Å². The maximum absolute atomic E-state index is 11.7. The monoisotopic (exact) mass is 276 g/mol. The molecule has 1 aromatic heterocycles. The van der Waals surface area contributed by atoms with Crippen LogP contribution < -0.4 is 10.5 Å². The van der Waals surface area contributed by atoms with E-state index in [1.807, 2.05) is 18.2 Å². The molecule has 2 aromatic rings. The van der Waals surface area contributed by atoms with Crippen LogP contribution in [0.3, 0.4) is 0 Å². The number of nitrogens with two attached hydrogens (primary N) is 1. The Labute approximate surface area is 114 Å². The smallest absolute Gasteiger partial charge is 0.358 e. The molecular weight excluding hydrogens is 264 g/mol. The molecule has 0 saturated carbocycles. The molecule has 5 nitrogen and oxygen atoms in total. The highest BCUT2D eigenvalue weighted by molar-refractivity contribution is 7.19. The van der Waals surface area contributed by atoms with Crippen LogP contribution in [-0.4, -0.2) is 24.7 Å². The van der Waals surface area contributed by atoms with Crippen LogP contribution in [0.25, 0.3) is 10.4 Å². The van der Waals surface area contributed by atoms with Crippen LogP contribution in [0.5, 0.6) is 5.75 Å². The van der Waals surface area contributed by atoms with Crippen LogP contribution in [0.2, 0.25) is 0 Å². The maximum atomic E-state index is 11.7. The molecule has 0 unspecified atom stereocenters. The van der Waals surface area contributed by atoms with Crippen molar-refractivity contribution in [1.82, 2.24) is 4.98 Å². The fourth-order valence-corrected chi connectivity index (χ4v) is 2.91. The summed E-state index contributed by atoms with van der Waals surface area (Å²) in [7, 11) is 1.33. The lowest BCUT2D eigenvalue weighted by atomic mass is 10.1. The second-order valence-electron chi connectivity index (χ2n) is 4.14. The number of hydrogen-bond acceptors (Lipinski definition) is 6. The Hall–Kier alpha value is -2.08. The van der Waals surface area contributed by atoms with Gasteiger partial charge in [-0.1, -0.05) is 11.3 Å². The van der Waals surface area contributed by atoms with Crippen molar-refractivity contribution in [3.63, 3.8) is 0 Å². The summed E-state index contributed by atoms with van der Waals surface area (Å²) in [6.07, 6.45) is 0.880. The Morgan fingerprint density at radius 1 is 1.53 bits per heavy atom. The number of nitrogen functional groups attached to an aromatic ring is 1. The van der Waals surface area contributed by atoms with Crippen LogP contribution in [-0.2, 0) is 11.2 Å². The highest BCUT2D eigenvalue weighted by Crippen LogP contribution is 2.36. The van der Waals surface area contributed by atoms with Crippen molar-refractivity contribution in [2.24, 2.45) is 0 Å². The Balaban J connectivity index is 2.09. The highest BCUT2D eigenvalue weighted by atomic mass is 32.1. The number of nitrogens with zero attached hydrogens (tertiary/aromatic N) is 1. The molecule has 0 fully saturated rings. The first kappa shape index (κ1) is 12.0. The topological polar surface area (TPSA) is 74.4 Å². The van der Waals surface area contributed by atoms with E-state index >= 15 is 0 Å². The number of aromatic nitrogens is 1. The maximum Gasteiger partial charge on any atom is 0.358 e. The fraction of sp³-hybridized carbons (Fsp3) is 0.231. The molecule has 19 heavy (non-hydrogen) atoms. The molecule has 2 heterocycles. The Morgan fingerprint density at radius 2 is 2.37 bits per heavy atom. The van der Waals surface area contributed by atoms with Crippen molar-refractivity contribution in [1.29, 1.82) is 0 Å². The van der Waals surface area contributed by atoms with Gasteiger partial charge < -0.3 is 15.2 Å². The van der Waals surface area contributed by atoms with Gasteiger partial charge in [0.1, 0.15) is 5.75 Å². The lowest BCUT2D eigenvalue weighted by molar-refractivity contribution is 0.0596. The summed E-state index contributed by atoms with van der Waals surface area (Å²) in [5.41, 5.74) is 8.02. The minimum Gasteiger partial charge on any atom is -0.493 e. The third kappa shape index (κ3) is 2.04. The number of fused-ring (bicyclic) bond motifs is 1. The number of thiazole rings is 1. The largest absolute Gasteiger partial charge is 0.493 e. The van der Waals surface area contributed by atoms with Crippen molar-refractivity contribution < 1.29 is 14.3 Å². The number of esters is 1. The lowest BCUT2D eigenvalue weighted by Gasteiger charge is -2.03. The van der Waals surface area contributed by atoms with Gasteiger partial charge in [-0.3, -0.25) is 0 Å². The zero-order valence-electron chi connectivity index (χ0n) is 10.3. The molecule has 1 aliphatic heterocycles. The normalized spacial score (nSPS) is 12.9. The van der Waals surface area contributed by atoms with Gasteiger partial charge in [-0.05, 0) is 29.3 Å². The van der Waals surface area contributed by atoms with Crippen molar-refractivity contribution in [2.75, 3.05) is 19.5 Å². The molecule has 0 aliphatic carbocycles. The van der Waals surface area contributed by atoms with Crippen molar-refractivity contribution in [3.05, 3.63) is 29.5 Å². The zero-order valence-corrected chi connectivity index (χ0v) is 11.1.